The lowest BCUT2D eigenvalue weighted by molar-refractivity contribution is -0.141. The molecule has 3 rings (SSSR count). The molecule has 0 spiro atoms. The Bertz CT molecular complexity index is 901. The fourth-order valence-electron chi connectivity index (χ4n) is 2.53. The van der Waals surface area contributed by atoms with Gasteiger partial charge < -0.3 is 14.2 Å². The Hall–Kier alpha value is -3.01. The molecule has 0 amide bonds. The zero-order valence-electron chi connectivity index (χ0n) is 14.5. The molecule has 1 atom stereocenters. The van der Waals surface area contributed by atoms with Crippen LogP contribution in [-0.4, -0.2) is 19.2 Å². The SMILES string of the molecule is COc1ccc2ccc(OC(=O)[C@@H](C)Oc3cccc(C)c3)cc2c1. The Morgan fingerprint density at radius 1 is 0.880 bits per heavy atom. The standard InChI is InChI=1S/C21H20O4/c1-14-5-4-6-19(11-14)24-15(2)21(22)25-20-10-8-16-7-9-18(23-3)12-17(16)13-20/h4-13,15H,1-3H3/t15-/m1/s1. The molecule has 0 fully saturated rings. The fourth-order valence-corrected chi connectivity index (χ4v) is 2.53. The second kappa shape index (κ2) is 7.26. The summed E-state index contributed by atoms with van der Waals surface area (Å²) in [4.78, 5) is 12.3. The highest BCUT2D eigenvalue weighted by Gasteiger charge is 2.17. The normalized spacial score (nSPS) is 11.8. The van der Waals surface area contributed by atoms with Crippen molar-refractivity contribution in [1.29, 1.82) is 0 Å². The summed E-state index contributed by atoms with van der Waals surface area (Å²) in [5, 5.41) is 1.99. The van der Waals surface area contributed by atoms with Gasteiger partial charge in [-0.15, -0.1) is 0 Å². The van der Waals surface area contributed by atoms with Crippen LogP contribution < -0.4 is 14.2 Å². The Labute approximate surface area is 146 Å². The maximum absolute atomic E-state index is 12.3. The van der Waals surface area contributed by atoms with Gasteiger partial charge in [-0.1, -0.05) is 24.3 Å². The predicted molar refractivity (Wildman–Crippen MR) is 97.4 cm³/mol. The summed E-state index contributed by atoms with van der Waals surface area (Å²) in [5.74, 6) is 1.44. The van der Waals surface area contributed by atoms with Crippen LogP contribution >= 0.6 is 0 Å². The molecule has 25 heavy (non-hydrogen) atoms. The van der Waals surface area contributed by atoms with Crippen LogP contribution in [0.15, 0.2) is 60.7 Å². The molecule has 0 aliphatic heterocycles. The second-order valence-electron chi connectivity index (χ2n) is 5.87. The van der Waals surface area contributed by atoms with E-state index in [2.05, 4.69) is 0 Å². The molecule has 0 aliphatic rings. The molecule has 0 N–H and O–H groups in total. The molecular formula is C21H20O4. The lowest BCUT2D eigenvalue weighted by atomic mass is 10.1. The molecule has 0 bridgehead atoms. The lowest BCUT2D eigenvalue weighted by Gasteiger charge is -2.14. The number of methoxy groups -OCH3 is 1. The van der Waals surface area contributed by atoms with Gasteiger partial charge in [-0.3, -0.25) is 0 Å². The number of hydrogen-bond acceptors (Lipinski definition) is 4. The zero-order valence-corrected chi connectivity index (χ0v) is 14.5. The summed E-state index contributed by atoms with van der Waals surface area (Å²) in [6.07, 6.45) is -0.706. The third-order valence-electron chi connectivity index (χ3n) is 3.87. The first-order valence-electron chi connectivity index (χ1n) is 8.08. The molecule has 4 heteroatoms. The van der Waals surface area contributed by atoms with Gasteiger partial charge in [0.1, 0.15) is 17.2 Å². The van der Waals surface area contributed by atoms with Crippen LogP contribution in [0.4, 0.5) is 0 Å². The molecule has 0 aromatic heterocycles. The van der Waals surface area contributed by atoms with Gasteiger partial charge in [0.05, 0.1) is 7.11 Å². The molecule has 3 aromatic carbocycles. The van der Waals surface area contributed by atoms with E-state index in [1.807, 2.05) is 61.5 Å². The number of benzene rings is 3. The maximum Gasteiger partial charge on any atom is 0.352 e. The summed E-state index contributed by atoms with van der Waals surface area (Å²) in [7, 11) is 1.62. The smallest absolute Gasteiger partial charge is 0.352 e. The first-order chi connectivity index (χ1) is 12.0. The van der Waals surface area contributed by atoms with Crippen LogP contribution in [0.25, 0.3) is 10.8 Å². The van der Waals surface area contributed by atoms with E-state index in [0.717, 1.165) is 22.1 Å². The van der Waals surface area contributed by atoms with Crippen molar-refractivity contribution < 1.29 is 19.0 Å². The van der Waals surface area contributed by atoms with Crippen LogP contribution in [0.2, 0.25) is 0 Å². The Kier molecular flexibility index (Phi) is 4.89. The highest BCUT2D eigenvalue weighted by atomic mass is 16.6. The highest BCUT2D eigenvalue weighted by molar-refractivity contribution is 5.86. The number of hydrogen-bond donors (Lipinski definition) is 0. The van der Waals surface area contributed by atoms with E-state index in [1.54, 1.807) is 20.1 Å². The third kappa shape index (κ3) is 4.10. The molecule has 3 aromatic rings. The van der Waals surface area contributed by atoms with E-state index < -0.39 is 12.1 Å². The number of fused-ring (bicyclic) bond motifs is 1. The molecule has 0 saturated heterocycles. The van der Waals surface area contributed by atoms with E-state index in [-0.39, 0.29) is 0 Å². The van der Waals surface area contributed by atoms with Gasteiger partial charge in [-0.2, -0.15) is 0 Å². The number of aryl methyl sites for hydroxylation is 1. The Morgan fingerprint density at radius 2 is 1.60 bits per heavy atom. The fraction of sp³-hybridized carbons (Fsp3) is 0.190. The maximum atomic E-state index is 12.3. The molecule has 0 heterocycles. The molecule has 0 radical (unpaired) electrons. The van der Waals surface area contributed by atoms with Gasteiger partial charge in [-0.05, 0) is 66.6 Å². The van der Waals surface area contributed by atoms with Crippen molar-refractivity contribution in [2.24, 2.45) is 0 Å². The Morgan fingerprint density at radius 3 is 2.32 bits per heavy atom. The van der Waals surface area contributed by atoms with E-state index in [4.69, 9.17) is 14.2 Å². The van der Waals surface area contributed by atoms with Crippen molar-refractivity contribution in [3.05, 3.63) is 66.2 Å². The minimum atomic E-state index is -0.706. The number of carbonyl (C=O) groups is 1. The average Bonchev–Trinajstić information content (AvgIpc) is 2.61. The lowest BCUT2D eigenvalue weighted by Crippen LogP contribution is -2.28. The minimum absolute atomic E-state index is 0.441. The average molecular weight is 336 g/mol. The van der Waals surface area contributed by atoms with Crippen LogP contribution in [0.5, 0.6) is 17.2 Å². The van der Waals surface area contributed by atoms with Crippen molar-refractivity contribution in [2.75, 3.05) is 7.11 Å². The number of carbonyl (C=O) groups excluding carboxylic acids is 1. The quantitative estimate of drug-likeness (QED) is 0.507. The summed E-state index contributed by atoms with van der Waals surface area (Å²) >= 11 is 0. The summed E-state index contributed by atoms with van der Waals surface area (Å²) in [6, 6.07) is 18.8. The largest absolute Gasteiger partial charge is 0.497 e. The second-order valence-corrected chi connectivity index (χ2v) is 5.87. The van der Waals surface area contributed by atoms with Crippen molar-refractivity contribution in [3.63, 3.8) is 0 Å². The molecule has 0 unspecified atom stereocenters. The molecular weight excluding hydrogens is 316 g/mol. The van der Waals surface area contributed by atoms with E-state index in [0.29, 0.717) is 11.5 Å². The summed E-state index contributed by atoms with van der Waals surface area (Å²) < 4.78 is 16.3. The first-order valence-corrected chi connectivity index (χ1v) is 8.08. The van der Waals surface area contributed by atoms with E-state index in [1.165, 1.54) is 0 Å². The van der Waals surface area contributed by atoms with Crippen molar-refractivity contribution >= 4 is 16.7 Å². The molecule has 0 saturated carbocycles. The number of ether oxygens (including phenoxy) is 3. The van der Waals surface area contributed by atoms with Crippen molar-refractivity contribution in [2.45, 2.75) is 20.0 Å². The van der Waals surface area contributed by atoms with Crippen LogP contribution in [0, 0.1) is 6.92 Å². The van der Waals surface area contributed by atoms with Gasteiger partial charge >= 0.3 is 5.97 Å². The molecule has 0 aliphatic carbocycles. The zero-order chi connectivity index (χ0) is 17.8. The van der Waals surface area contributed by atoms with E-state index >= 15 is 0 Å². The topological polar surface area (TPSA) is 44.8 Å². The summed E-state index contributed by atoms with van der Waals surface area (Å²) in [6.45, 7) is 3.65. The Balaban J connectivity index is 1.72. The minimum Gasteiger partial charge on any atom is -0.497 e. The third-order valence-corrected chi connectivity index (χ3v) is 3.87. The van der Waals surface area contributed by atoms with Gasteiger partial charge in [0.25, 0.3) is 0 Å². The number of esters is 1. The predicted octanol–water partition coefficient (Wildman–Crippen LogP) is 4.53. The van der Waals surface area contributed by atoms with Gasteiger partial charge in [0, 0.05) is 0 Å². The molecule has 4 nitrogen and oxygen atoms in total. The monoisotopic (exact) mass is 336 g/mol. The van der Waals surface area contributed by atoms with Gasteiger partial charge in [0.15, 0.2) is 6.10 Å². The molecule has 128 valence electrons. The van der Waals surface area contributed by atoms with Gasteiger partial charge in [0.2, 0.25) is 0 Å². The van der Waals surface area contributed by atoms with E-state index in [9.17, 15) is 4.79 Å². The van der Waals surface area contributed by atoms with Crippen LogP contribution in [0.3, 0.4) is 0 Å². The van der Waals surface area contributed by atoms with Gasteiger partial charge in [-0.25, -0.2) is 4.79 Å². The van der Waals surface area contributed by atoms with Crippen molar-refractivity contribution in [1.82, 2.24) is 0 Å². The highest BCUT2D eigenvalue weighted by Crippen LogP contribution is 2.25. The van der Waals surface area contributed by atoms with Crippen LogP contribution in [0.1, 0.15) is 12.5 Å². The van der Waals surface area contributed by atoms with Crippen molar-refractivity contribution in [3.8, 4) is 17.2 Å². The first kappa shape index (κ1) is 16.8. The van der Waals surface area contributed by atoms with Crippen LogP contribution in [-0.2, 0) is 4.79 Å². The number of rotatable bonds is 5. The summed E-state index contributed by atoms with van der Waals surface area (Å²) in [5.41, 5.74) is 1.07.